The van der Waals surface area contributed by atoms with E-state index in [9.17, 15) is 4.79 Å². The number of ether oxygens (including phenoxy) is 3. The van der Waals surface area contributed by atoms with Gasteiger partial charge in [-0.1, -0.05) is 13.3 Å². The summed E-state index contributed by atoms with van der Waals surface area (Å²) in [4.78, 5) is 13.0. The molecule has 2 N–H and O–H groups in total. The van der Waals surface area contributed by atoms with Crippen LogP contribution in [0.25, 0.3) is 0 Å². The number of carbonyl (C=O) groups is 1. The summed E-state index contributed by atoms with van der Waals surface area (Å²) in [6.07, 6.45) is 0.820. The number of hydrogen-bond acceptors (Lipinski definition) is 5. The number of rotatable bonds is 8. The number of benzene rings is 2. The molecule has 0 spiro atoms. The summed E-state index contributed by atoms with van der Waals surface area (Å²) in [5, 5.41) is 0. The first-order valence-electron chi connectivity index (χ1n) is 7.87. The van der Waals surface area contributed by atoms with Gasteiger partial charge in [-0.15, -0.1) is 0 Å². The molecule has 5 nitrogen and oxygen atoms in total. The standard InChI is InChI=1S/C19H23NO4/c1-4-5-18(24-14-8-6-13(20)7-9-14)19(21)16-12-15(22-2)10-11-17(16)23-3/h6-12,18H,4-5,20H2,1-3H3. The SMILES string of the molecule is CCCC(Oc1ccc(N)cc1)C(=O)c1cc(OC)ccc1OC. The van der Waals surface area contributed by atoms with Gasteiger partial charge in [0.1, 0.15) is 17.2 Å². The Labute approximate surface area is 142 Å². The maximum atomic E-state index is 13.0. The predicted octanol–water partition coefficient (Wildman–Crippen LogP) is 3.72. The van der Waals surface area contributed by atoms with Gasteiger partial charge in [0.15, 0.2) is 6.10 Å². The maximum absolute atomic E-state index is 13.0. The van der Waals surface area contributed by atoms with Gasteiger partial charge in [0.25, 0.3) is 0 Å². The second kappa shape index (κ2) is 8.24. The average Bonchev–Trinajstić information content (AvgIpc) is 2.62. The summed E-state index contributed by atoms with van der Waals surface area (Å²) >= 11 is 0. The second-order valence-corrected chi connectivity index (χ2v) is 5.39. The lowest BCUT2D eigenvalue weighted by Crippen LogP contribution is -2.27. The van der Waals surface area contributed by atoms with E-state index < -0.39 is 6.10 Å². The zero-order chi connectivity index (χ0) is 17.5. The van der Waals surface area contributed by atoms with Crippen LogP contribution in [0.3, 0.4) is 0 Å². The lowest BCUT2D eigenvalue weighted by atomic mass is 10.0. The Morgan fingerprint density at radius 2 is 1.71 bits per heavy atom. The van der Waals surface area contributed by atoms with Gasteiger partial charge in [-0.2, -0.15) is 0 Å². The molecule has 128 valence electrons. The molecule has 0 radical (unpaired) electrons. The Morgan fingerprint density at radius 1 is 1.04 bits per heavy atom. The van der Waals surface area contributed by atoms with Crippen LogP contribution in [0.15, 0.2) is 42.5 Å². The Bertz CT molecular complexity index is 682. The smallest absolute Gasteiger partial charge is 0.207 e. The molecule has 2 aromatic carbocycles. The molecular weight excluding hydrogens is 306 g/mol. The van der Waals surface area contributed by atoms with Crippen molar-refractivity contribution in [1.29, 1.82) is 0 Å². The number of anilines is 1. The Morgan fingerprint density at radius 3 is 2.29 bits per heavy atom. The normalized spacial score (nSPS) is 11.6. The van der Waals surface area contributed by atoms with Crippen molar-refractivity contribution in [3.8, 4) is 17.2 Å². The quantitative estimate of drug-likeness (QED) is 0.590. The Hall–Kier alpha value is -2.69. The molecule has 2 aromatic rings. The van der Waals surface area contributed by atoms with E-state index in [1.54, 1.807) is 49.6 Å². The van der Waals surface area contributed by atoms with Crippen molar-refractivity contribution in [3.05, 3.63) is 48.0 Å². The summed E-state index contributed by atoms with van der Waals surface area (Å²) < 4.78 is 16.4. The van der Waals surface area contributed by atoms with Gasteiger partial charge in [0.05, 0.1) is 19.8 Å². The maximum Gasteiger partial charge on any atom is 0.207 e. The van der Waals surface area contributed by atoms with Crippen molar-refractivity contribution in [2.24, 2.45) is 0 Å². The van der Waals surface area contributed by atoms with E-state index in [2.05, 4.69) is 0 Å². The number of Topliss-reactive ketones (excluding diaryl/α,β-unsaturated/α-hetero) is 1. The zero-order valence-corrected chi connectivity index (χ0v) is 14.2. The molecule has 0 saturated heterocycles. The van der Waals surface area contributed by atoms with E-state index in [0.29, 0.717) is 34.9 Å². The fraction of sp³-hybridized carbons (Fsp3) is 0.316. The van der Waals surface area contributed by atoms with Crippen LogP contribution in [0.4, 0.5) is 5.69 Å². The molecule has 0 aliphatic heterocycles. The predicted molar refractivity (Wildman–Crippen MR) is 94.1 cm³/mol. The number of carbonyl (C=O) groups excluding carboxylic acids is 1. The minimum Gasteiger partial charge on any atom is -0.497 e. The van der Waals surface area contributed by atoms with Crippen molar-refractivity contribution < 1.29 is 19.0 Å². The van der Waals surface area contributed by atoms with Crippen LogP contribution in [0.5, 0.6) is 17.2 Å². The van der Waals surface area contributed by atoms with E-state index in [-0.39, 0.29) is 5.78 Å². The topological polar surface area (TPSA) is 70.8 Å². The second-order valence-electron chi connectivity index (χ2n) is 5.39. The highest BCUT2D eigenvalue weighted by molar-refractivity contribution is 6.02. The first-order valence-corrected chi connectivity index (χ1v) is 7.87. The van der Waals surface area contributed by atoms with Crippen LogP contribution in [0, 0.1) is 0 Å². The number of hydrogen-bond donors (Lipinski definition) is 1. The monoisotopic (exact) mass is 329 g/mol. The van der Waals surface area contributed by atoms with Gasteiger partial charge in [-0.3, -0.25) is 4.79 Å². The van der Waals surface area contributed by atoms with Crippen molar-refractivity contribution >= 4 is 11.5 Å². The molecule has 0 fully saturated rings. The minimum atomic E-state index is -0.598. The van der Waals surface area contributed by atoms with Crippen LogP contribution in [-0.2, 0) is 0 Å². The van der Waals surface area contributed by atoms with Crippen LogP contribution in [-0.4, -0.2) is 26.1 Å². The third kappa shape index (κ3) is 4.19. The van der Waals surface area contributed by atoms with Gasteiger partial charge in [0.2, 0.25) is 5.78 Å². The summed E-state index contributed by atoms with van der Waals surface area (Å²) in [6.45, 7) is 2.01. The third-order valence-electron chi connectivity index (χ3n) is 3.67. The first kappa shape index (κ1) is 17.7. The highest BCUT2D eigenvalue weighted by Crippen LogP contribution is 2.27. The molecular formula is C19H23NO4. The van der Waals surface area contributed by atoms with Crippen molar-refractivity contribution in [1.82, 2.24) is 0 Å². The van der Waals surface area contributed by atoms with Gasteiger partial charge in [0, 0.05) is 5.69 Å². The van der Waals surface area contributed by atoms with E-state index in [1.165, 1.54) is 7.11 Å². The van der Waals surface area contributed by atoms with Gasteiger partial charge < -0.3 is 19.9 Å². The molecule has 0 aromatic heterocycles. The summed E-state index contributed by atoms with van der Waals surface area (Å²) in [5.74, 6) is 1.58. The first-order chi connectivity index (χ1) is 11.6. The van der Waals surface area contributed by atoms with Crippen molar-refractivity contribution in [2.45, 2.75) is 25.9 Å². The number of methoxy groups -OCH3 is 2. The molecule has 24 heavy (non-hydrogen) atoms. The fourth-order valence-corrected chi connectivity index (χ4v) is 2.40. The molecule has 5 heteroatoms. The molecule has 0 aliphatic carbocycles. The van der Waals surface area contributed by atoms with Crippen LogP contribution in [0.1, 0.15) is 30.1 Å². The number of nitrogens with two attached hydrogens (primary N) is 1. The van der Waals surface area contributed by atoms with Gasteiger partial charge in [-0.05, 0) is 48.9 Å². The van der Waals surface area contributed by atoms with Crippen molar-refractivity contribution in [3.63, 3.8) is 0 Å². The van der Waals surface area contributed by atoms with E-state index in [4.69, 9.17) is 19.9 Å². The van der Waals surface area contributed by atoms with E-state index in [1.807, 2.05) is 6.92 Å². The summed E-state index contributed by atoms with van der Waals surface area (Å²) in [5.41, 5.74) is 6.78. The average molecular weight is 329 g/mol. The van der Waals surface area contributed by atoms with Crippen LogP contribution >= 0.6 is 0 Å². The fourth-order valence-electron chi connectivity index (χ4n) is 2.40. The number of ketones is 1. The van der Waals surface area contributed by atoms with Crippen LogP contribution in [0.2, 0.25) is 0 Å². The highest BCUT2D eigenvalue weighted by atomic mass is 16.5. The summed E-state index contributed by atoms with van der Waals surface area (Å²) in [7, 11) is 3.10. The van der Waals surface area contributed by atoms with E-state index in [0.717, 1.165) is 6.42 Å². The minimum absolute atomic E-state index is 0.135. The largest absolute Gasteiger partial charge is 0.497 e. The molecule has 0 saturated carbocycles. The molecule has 0 heterocycles. The summed E-state index contributed by atoms with van der Waals surface area (Å²) in [6, 6.07) is 12.2. The molecule has 0 amide bonds. The Balaban J connectivity index is 2.29. The molecule has 0 bridgehead atoms. The lowest BCUT2D eigenvalue weighted by Gasteiger charge is -2.19. The molecule has 1 atom stereocenters. The molecule has 0 aliphatic rings. The lowest BCUT2D eigenvalue weighted by molar-refractivity contribution is 0.0774. The van der Waals surface area contributed by atoms with Gasteiger partial charge >= 0.3 is 0 Å². The highest BCUT2D eigenvalue weighted by Gasteiger charge is 2.25. The van der Waals surface area contributed by atoms with Crippen LogP contribution < -0.4 is 19.9 Å². The van der Waals surface area contributed by atoms with Gasteiger partial charge in [-0.25, -0.2) is 0 Å². The van der Waals surface area contributed by atoms with Crippen molar-refractivity contribution in [2.75, 3.05) is 20.0 Å². The zero-order valence-electron chi connectivity index (χ0n) is 14.2. The Kier molecular flexibility index (Phi) is 6.07. The third-order valence-corrected chi connectivity index (χ3v) is 3.67. The van der Waals surface area contributed by atoms with E-state index >= 15 is 0 Å². The molecule has 1 unspecified atom stereocenters. The molecule has 2 rings (SSSR count). The number of nitrogen functional groups attached to an aromatic ring is 1.